The molecule has 0 bridgehead atoms. The van der Waals surface area contributed by atoms with Gasteiger partial charge in [-0.05, 0) is 29.0 Å². The molecule has 0 amide bonds. The third kappa shape index (κ3) is 2.54. The summed E-state index contributed by atoms with van der Waals surface area (Å²) in [4.78, 5) is 4.27. The highest BCUT2D eigenvalue weighted by Gasteiger charge is 2.26. The average molecular weight is 242 g/mol. The molecular formula is C16H22N2. The normalized spacial score (nSPS) is 13.8. The van der Waals surface area contributed by atoms with Gasteiger partial charge in [-0.15, -0.1) is 0 Å². The molecule has 2 aromatic rings. The van der Waals surface area contributed by atoms with E-state index >= 15 is 0 Å². The fourth-order valence-corrected chi connectivity index (χ4v) is 2.48. The Labute approximate surface area is 109 Å². The molecule has 0 fully saturated rings. The molecule has 1 heterocycles. The summed E-state index contributed by atoms with van der Waals surface area (Å²) in [6.07, 6.45) is 3.83. The Morgan fingerprint density at radius 2 is 2.00 bits per heavy atom. The van der Waals surface area contributed by atoms with Gasteiger partial charge in [-0.3, -0.25) is 4.98 Å². The maximum atomic E-state index is 4.27. The van der Waals surface area contributed by atoms with Gasteiger partial charge in [0.05, 0.1) is 0 Å². The number of hydrogen-bond donors (Lipinski definition) is 1. The van der Waals surface area contributed by atoms with Crippen molar-refractivity contribution >= 4 is 10.8 Å². The molecule has 0 saturated heterocycles. The number of nitrogens with one attached hydrogen (secondary N) is 1. The van der Waals surface area contributed by atoms with Crippen LogP contribution in [0, 0.1) is 5.41 Å². The number of aromatic nitrogens is 1. The van der Waals surface area contributed by atoms with Crippen molar-refractivity contribution in [2.24, 2.45) is 5.41 Å². The zero-order chi connectivity index (χ0) is 13.2. The zero-order valence-electron chi connectivity index (χ0n) is 11.7. The zero-order valence-corrected chi connectivity index (χ0v) is 11.7. The van der Waals surface area contributed by atoms with Crippen LogP contribution in [0.1, 0.15) is 39.3 Å². The van der Waals surface area contributed by atoms with Crippen molar-refractivity contribution in [2.45, 2.75) is 33.7 Å². The smallest absolute Gasteiger partial charge is 0.0375 e. The maximum Gasteiger partial charge on any atom is 0.0375 e. The van der Waals surface area contributed by atoms with E-state index in [4.69, 9.17) is 0 Å². The minimum absolute atomic E-state index is 0.181. The summed E-state index contributed by atoms with van der Waals surface area (Å²) in [5.41, 5.74) is 1.52. The molecule has 96 valence electrons. The first-order chi connectivity index (χ1) is 8.54. The molecule has 1 atom stereocenters. The van der Waals surface area contributed by atoms with Gasteiger partial charge in [-0.1, -0.05) is 45.9 Å². The first-order valence-electron chi connectivity index (χ1n) is 6.60. The highest BCUT2D eigenvalue weighted by Crippen LogP contribution is 2.35. The monoisotopic (exact) mass is 242 g/mol. The van der Waals surface area contributed by atoms with Gasteiger partial charge in [0.15, 0.2) is 0 Å². The van der Waals surface area contributed by atoms with Crippen LogP contribution >= 0.6 is 0 Å². The molecule has 0 aliphatic rings. The van der Waals surface area contributed by atoms with Gasteiger partial charge in [0, 0.05) is 23.8 Å². The van der Waals surface area contributed by atoms with Crippen molar-refractivity contribution in [3.8, 4) is 0 Å². The quantitative estimate of drug-likeness (QED) is 0.882. The van der Waals surface area contributed by atoms with E-state index in [2.05, 4.69) is 62.3 Å². The van der Waals surface area contributed by atoms with Crippen LogP contribution in [-0.2, 0) is 0 Å². The molecule has 0 aliphatic heterocycles. The van der Waals surface area contributed by atoms with E-state index in [-0.39, 0.29) is 5.41 Å². The van der Waals surface area contributed by atoms with E-state index in [1.165, 1.54) is 16.3 Å². The van der Waals surface area contributed by atoms with Crippen LogP contribution in [0.25, 0.3) is 10.8 Å². The Kier molecular flexibility index (Phi) is 3.67. The van der Waals surface area contributed by atoms with E-state index < -0.39 is 0 Å². The fourth-order valence-electron chi connectivity index (χ4n) is 2.48. The maximum absolute atomic E-state index is 4.27. The lowest BCUT2D eigenvalue weighted by Crippen LogP contribution is -2.32. The molecular weight excluding hydrogens is 220 g/mol. The van der Waals surface area contributed by atoms with Crippen molar-refractivity contribution in [3.05, 3.63) is 42.2 Å². The Bertz CT molecular complexity index is 521. The molecule has 1 aromatic carbocycles. The number of rotatable bonds is 3. The van der Waals surface area contributed by atoms with Gasteiger partial charge in [0.2, 0.25) is 0 Å². The van der Waals surface area contributed by atoms with Crippen LogP contribution in [0.15, 0.2) is 36.7 Å². The summed E-state index contributed by atoms with van der Waals surface area (Å²) in [7, 11) is 0. The molecule has 0 radical (unpaired) electrons. The number of benzene rings is 1. The van der Waals surface area contributed by atoms with Crippen molar-refractivity contribution in [2.75, 3.05) is 6.54 Å². The predicted octanol–water partition coefficient (Wildman–Crippen LogP) is 3.93. The van der Waals surface area contributed by atoms with Gasteiger partial charge in [0.25, 0.3) is 0 Å². The fraction of sp³-hybridized carbons (Fsp3) is 0.438. The van der Waals surface area contributed by atoms with Crippen molar-refractivity contribution in [3.63, 3.8) is 0 Å². The minimum atomic E-state index is 0.181. The molecule has 2 nitrogen and oxygen atoms in total. The van der Waals surface area contributed by atoms with Crippen LogP contribution in [0.2, 0.25) is 0 Å². The van der Waals surface area contributed by atoms with Gasteiger partial charge in [-0.25, -0.2) is 0 Å². The Morgan fingerprint density at radius 1 is 1.22 bits per heavy atom. The molecule has 0 spiro atoms. The largest absolute Gasteiger partial charge is 0.310 e. The number of nitrogens with zero attached hydrogens (tertiary/aromatic N) is 1. The second-order valence-electron chi connectivity index (χ2n) is 5.80. The minimum Gasteiger partial charge on any atom is -0.310 e. The molecule has 0 aliphatic carbocycles. The van der Waals surface area contributed by atoms with Crippen LogP contribution < -0.4 is 5.32 Å². The second kappa shape index (κ2) is 5.07. The number of hydrogen-bond acceptors (Lipinski definition) is 2. The number of fused-ring (bicyclic) bond motifs is 1. The highest BCUT2D eigenvalue weighted by molar-refractivity contribution is 5.85. The highest BCUT2D eigenvalue weighted by atomic mass is 14.9. The van der Waals surface area contributed by atoms with Crippen LogP contribution in [-0.4, -0.2) is 11.5 Å². The van der Waals surface area contributed by atoms with E-state index in [1.54, 1.807) is 0 Å². The molecule has 2 heteroatoms. The van der Waals surface area contributed by atoms with E-state index in [0.29, 0.717) is 6.04 Å². The molecule has 18 heavy (non-hydrogen) atoms. The van der Waals surface area contributed by atoms with Crippen molar-refractivity contribution in [1.29, 1.82) is 0 Å². The summed E-state index contributed by atoms with van der Waals surface area (Å²) in [5.74, 6) is 0. The standard InChI is InChI=1S/C16H22N2/c1-5-18-15(16(2,3)4)13-8-6-7-12-9-10-17-11-14(12)13/h6-11,15,18H,5H2,1-4H3. The second-order valence-corrected chi connectivity index (χ2v) is 5.80. The topological polar surface area (TPSA) is 24.9 Å². The molecule has 1 unspecified atom stereocenters. The van der Waals surface area contributed by atoms with Gasteiger partial charge < -0.3 is 5.32 Å². The summed E-state index contributed by atoms with van der Waals surface area (Å²) >= 11 is 0. The van der Waals surface area contributed by atoms with E-state index in [9.17, 15) is 0 Å². The predicted molar refractivity (Wildman–Crippen MR) is 77.6 cm³/mol. The average Bonchev–Trinajstić information content (AvgIpc) is 2.34. The van der Waals surface area contributed by atoms with Gasteiger partial charge in [0.1, 0.15) is 0 Å². The lowest BCUT2D eigenvalue weighted by Gasteiger charge is -2.32. The van der Waals surface area contributed by atoms with Gasteiger partial charge in [-0.2, -0.15) is 0 Å². The van der Waals surface area contributed by atoms with Crippen LogP contribution in [0.3, 0.4) is 0 Å². The number of pyridine rings is 1. The lowest BCUT2D eigenvalue weighted by atomic mass is 9.81. The summed E-state index contributed by atoms with van der Waals surface area (Å²) < 4.78 is 0. The first kappa shape index (κ1) is 13.0. The third-order valence-electron chi connectivity index (χ3n) is 3.30. The molecule has 1 N–H and O–H groups in total. The van der Waals surface area contributed by atoms with Crippen LogP contribution in [0.5, 0.6) is 0 Å². The summed E-state index contributed by atoms with van der Waals surface area (Å²) in [6.45, 7) is 9.95. The van der Waals surface area contributed by atoms with E-state index in [1.807, 2.05) is 12.4 Å². The van der Waals surface area contributed by atoms with Gasteiger partial charge >= 0.3 is 0 Å². The first-order valence-corrected chi connectivity index (χ1v) is 6.60. The molecule has 1 aromatic heterocycles. The SMILES string of the molecule is CCNC(c1cccc2ccncc12)C(C)(C)C. The summed E-state index contributed by atoms with van der Waals surface area (Å²) in [5, 5.41) is 6.11. The van der Waals surface area contributed by atoms with E-state index in [0.717, 1.165) is 6.54 Å². The van der Waals surface area contributed by atoms with Crippen molar-refractivity contribution < 1.29 is 0 Å². The Balaban J connectivity index is 2.57. The van der Waals surface area contributed by atoms with Crippen molar-refractivity contribution in [1.82, 2.24) is 10.3 Å². The van der Waals surface area contributed by atoms with Crippen LogP contribution in [0.4, 0.5) is 0 Å². The Hall–Kier alpha value is -1.41. The Morgan fingerprint density at radius 3 is 2.67 bits per heavy atom. The molecule has 2 rings (SSSR count). The third-order valence-corrected chi connectivity index (χ3v) is 3.30. The molecule has 0 saturated carbocycles. The lowest BCUT2D eigenvalue weighted by molar-refractivity contribution is 0.278. The summed E-state index contributed by atoms with van der Waals surface area (Å²) in [6, 6.07) is 8.91.